The first-order chi connectivity index (χ1) is 12.1. The van der Waals surface area contributed by atoms with Crippen molar-refractivity contribution in [1.82, 2.24) is 15.1 Å². The van der Waals surface area contributed by atoms with Gasteiger partial charge < -0.3 is 10.1 Å². The third-order valence-electron chi connectivity index (χ3n) is 3.57. The molecule has 1 aromatic carbocycles. The van der Waals surface area contributed by atoms with Gasteiger partial charge in [0.2, 0.25) is 0 Å². The fraction of sp³-hybridized carbons (Fsp3) is 0.421. The average molecular weight is 378 g/mol. The molecular weight excluding hydrogens is 354 g/mol. The molecule has 0 aliphatic heterocycles. The Kier molecular flexibility index (Phi) is 6.08. The molecule has 0 saturated carbocycles. The summed E-state index contributed by atoms with van der Waals surface area (Å²) in [6, 6.07) is 7.97. The Balaban J connectivity index is 2.07. The molecule has 1 amide bonds. The van der Waals surface area contributed by atoms with Crippen LogP contribution in [0.5, 0.6) is 0 Å². The van der Waals surface area contributed by atoms with Crippen molar-refractivity contribution in [3.8, 4) is 0 Å². The summed E-state index contributed by atoms with van der Waals surface area (Å²) in [6.07, 6.45) is 0. The quantitative estimate of drug-likeness (QED) is 0.811. The first kappa shape index (κ1) is 20.0. The van der Waals surface area contributed by atoms with Crippen molar-refractivity contribution in [2.75, 3.05) is 6.61 Å². The Hall–Kier alpha value is -2.34. The summed E-state index contributed by atoms with van der Waals surface area (Å²) < 4.78 is 6.64. The number of carbonyl (C=O) groups is 2. The smallest absolute Gasteiger partial charge is 0.343 e. The van der Waals surface area contributed by atoms with Crippen molar-refractivity contribution < 1.29 is 14.3 Å². The summed E-state index contributed by atoms with van der Waals surface area (Å²) >= 11 is 6.33. The van der Waals surface area contributed by atoms with Crippen LogP contribution in [0.2, 0.25) is 5.15 Å². The molecule has 1 heterocycles. The maximum atomic E-state index is 12.3. The van der Waals surface area contributed by atoms with Crippen molar-refractivity contribution >= 4 is 23.5 Å². The normalized spacial score (nSPS) is 11.3. The molecule has 0 saturated heterocycles. The van der Waals surface area contributed by atoms with E-state index in [1.165, 1.54) is 0 Å². The van der Waals surface area contributed by atoms with Gasteiger partial charge in [0, 0.05) is 5.54 Å². The zero-order valence-corrected chi connectivity index (χ0v) is 16.5. The van der Waals surface area contributed by atoms with Crippen LogP contribution in [-0.2, 0) is 16.1 Å². The lowest BCUT2D eigenvalue weighted by Crippen LogP contribution is -2.42. The van der Waals surface area contributed by atoms with E-state index in [9.17, 15) is 9.59 Å². The average Bonchev–Trinajstić information content (AvgIpc) is 2.80. The second-order valence-electron chi connectivity index (χ2n) is 7.27. The summed E-state index contributed by atoms with van der Waals surface area (Å²) in [5.41, 5.74) is 2.43. The number of carbonyl (C=O) groups excluding carboxylic acids is 2. The van der Waals surface area contributed by atoms with E-state index in [1.807, 2.05) is 52.0 Å². The molecule has 0 unspecified atom stereocenters. The Bertz CT molecular complexity index is 805. The first-order valence-corrected chi connectivity index (χ1v) is 8.71. The lowest BCUT2D eigenvalue weighted by atomic mass is 10.1. The lowest BCUT2D eigenvalue weighted by Gasteiger charge is -2.20. The van der Waals surface area contributed by atoms with E-state index in [1.54, 1.807) is 11.6 Å². The largest absolute Gasteiger partial charge is 0.452 e. The molecule has 26 heavy (non-hydrogen) atoms. The molecule has 140 valence electrons. The molecule has 0 fully saturated rings. The minimum absolute atomic E-state index is 0.183. The molecule has 0 atom stereocenters. The van der Waals surface area contributed by atoms with Crippen molar-refractivity contribution in [2.45, 2.75) is 46.7 Å². The van der Waals surface area contributed by atoms with Crippen LogP contribution < -0.4 is 5.32 Å². The van der Waals surface area contributed by atoms with Gasteiger partial charge in [-0.25, -0.2) is 9.48 Å². The van der Waals surface area contributed by atoms with Crippen LogP contribution in [0.15, 0.2) is 24.3 Å². The van der Waals surface area contributed by atoms with E-state index in [-0.39, 0.29) is 23.2 Å². The minimum atomic E-state index is -0.660. The number of nitrogens with one attached hydrogen (secondary N) is 1. The maximum Gasteiger partial charge on any atom is 0.343 e. The van der Waals surface area contributed by atoms with Gasteiger partial charge in [0.1, 0.15) is 10.7 Å². The molecule has 1 aromatic heterocycles. The van der Waals surface area contributed by atoms with E-state index < -0.39 is 11.5 Å². The standard InChI is InChI=1S/C19H24ClN3O3/c1-12-6-8-14(9-7-12)10-23-17(20)16(13(2)22-23)18(25)26-11-15(24)21-19(3,4)5/h6-9H,10-11H2,1-5H3,(H,21,24). The number of aryl methyl sites for hydroxylation is 2. The number of halogens is 1. The summed E-state index contributed by atoms with van der Waals surface area (Å²) in [5.74, 6) is -1.03. The summed E-state index contributed by atoms with van der Waals surface area (Å²) in [6.45, 7) is 9.32. The van der Waals surface area contributed by atoms with E-state index in [2.05, 4.69) is 10.4 Å². The van der Waals surface area contributed by atoms with E-state index in [0.717, 1.165) is 11.1 Å². The van der Waals surface area contributed by atoms with Crippen molar-refractivity contribution in [3.05, 3.63) is 51.8 Å². The topological polar surface area (TPSA) is 73.2 Å². The molecule has 7 heteroatoms. The Morgan fingerprint density at radius 2 is 1.81 bits per heavy atom. The summed E-state index contributed by atoms with van der Waals surface area (Å²) in [4.78, 5) is 24.1. The lowest BCUT2D eigenvalue weighted by molar-refractivity contribution is -0.125. The van der Waals surface area contributed by atoms with Crippen molar-refractivity contribution in [3.63, 3.8) is 0 Å². The predicted octanol–water partition coefficient (Wildman–Crippen LogP) is 3.27. The second-order valence-corrected chi connectivity index (χ2v) is 7.63. The van der Waals surface area contributed by atoms with Gasteiger partial charge in [0.15, 0.2) is 6.61 Å². The van der Waals surface area contributed by atoms with Crippen molar-refractivity contribution in [1.29, 1.82) is 0 Å². The van der Waals surface area contributed by atoms with Gasteiger partial charge in [-0.2, -0.15) is 5.10 Å². The number of esters is 1. The van der Waals surface area contributed by atoms with Gasteiger partial charge >= 0.3 is 5.97 Å². The first-order valence-electron chi connectivity index (χ1n) is 8.33. The van der Waals surface area contributed by atoms with Crippen LogP contribution in [-0.4, -0.2) is 33.8 Å². The van der Waals surface area contributed by atoms with Crippen LogP contribution in [0.25, 0.3) is 0 Å². The molecule has 0 bridgehead atoms. The highest BCUT2D eigenvalue weighted by Crippen LogP contribution is 2.22. The van der Waals surface area contributed by atoms with Crippen molar-refractivity contribution in [2.24, 2.45) is 0 Å². The third kappa shape index (κ3) is 5.33. The van der Waals surface area contributed by atoms with Crippen LogP contribution in [0.1, 0.15) is 48.0 Å². The van der Waals surface area contributed by atoms with E-state index in [0.29, 0.717) is 12.2 Å². The number of ether oxygens (including phenoxy) is 1. The second kappa shape index (κ2) is 7.91. The monoisotopic (exact) mass is 377 g/mol. The van der Waals surface area contributed by atoms with Gasteiger partial charge in [-0.3, -0.25) is 4.79 Å². The molecule has 1 N–H and O–H groups in total. The molecule has 0 radical (unpaired) electrons. The molecule has 0 aliphatic carbocycles. The van der Waals surface area contributed by atoms with Crippen LogP contribution in [0.4, 0.5) is 0 Å². The highest BCUT2D eigenvalue weighted by molar-refractivity contribution is 6.32. The molecule has 0 aliphatic rings. The zero-order chi connectivity index (χ0) is 19.5. The number of amides is 1. The summed E-state index contributed by atoms with van der Waals surface area (Å²) in [7, 11) is 0. The van der Waals surface area contributed by atoms with Gasteiger partial charge in [0.25, 0.3) is 5.91 Å². The number of hydrogen-bond acceptors (Lipinski definition) is 4. The number of benzene rings is 1. The van der Waals surface area contributed by atoms with Gasteiger partial charge in [-0.1, -0.05) is 41.4 Å². The zero-order valence-electron chi connectivity index (χ0n) is 15.7. The summed E-state index contributed by atoms with van der Waals surface area (Å²) in [5, 5.41) is 7.24. The van der Waals surface area contributed by atoms with Gasteiger partial charge in [0.05, 0.1) is 12.2 Å². The van der Waals surface area contributed by atoms with Gasteiger partial charge in [-0.15, -0.1) is 0 Å². The fourth-order valence-corrected chi connectivity index (χ4v) is 2.73. The Labute approximate surface area is 158 Å². The number of rotatable bonds is 5. The highest BCUT2D eigenvalue weighted by Gasteiger charge is 2.23. The molecule has 6 nitrogen and oxygen atoms in total. The third-order valence-corrected chi connectivity index (χ3v) is 3.96. The van der Waals surface area contributed by atoms with Crippen LogP contribution >= 0.6 is 11.6 Å². The molecule has 2 rings (SSSR count). The Morgan fingerprint density at radius 1 is 1.19 bits per heavy atom. The van der Waals surface area contributed by atoms with Crippen LogP contribution in [0, 0.1) is 13.8 Å². The number of hydrogen-bond donors (Lipinski definition) is 1. The van der Waals surface area contributed by atoms with E-state index in [4.69, 9.17) is 16.3 Å². The molecular formula is C19H24ClN3O3. The molecule has 2 aromatic rings. The number of aromatic nitrogens is 2. The van der Waals surface area contributed by atoms with E-state index >= 15 is 0 Å². The fourth-order valence-electron chi connectivity index (χ4n) is 2.41. The predicted molar refractivity (Wildman–Crippen MR) is 100 cm³/mol. The van der Waals surface area contributed by atoms with Crippen LogP contribution in [0.3, 0.4) is 0 Å². The van der Waals surface area contributed by atoms with Gasteiger partial charge in [-0.05, 0) is 40.2 Å². The SMILES string of the molecule is Cc1ccc(Cn2nc(C)c(C(=O)OCC(=O)NC(C)(C)C)c2Cl)cc1. The Morgan fingerprint density at radius 3 is 2.38 bits per heavy atom. The highest BCUT2D eigenvalue weighted by atomic mass is 35.5. The molecule has 0 spiro atoms. The minimum Gasteiger partial charge on any atom is -0.452 e. The maximum absolute atomic E-state index is 12.3. The number of nitrogens with zero attached hydrogens (tertiary/aromatic N) is 2.